The smallest absolute Gasteiger partial charge is 0.137 e. The molecule has 4 rings (SSSR count). The number of aliphatic imine (C=N–C) groups is 1. The van der Waals surface area contributed by atoms with Crippen molar-refractivity contribution in [2.45, 2.75) is 6.42 Å². The van der Waals surface area contributed by atoms with Crippen LogP contribution in [0.25, 0.3) is 10.8 Å². The Labute approximate surface area is 144 Å². The molecule has 0 aliphatic carbocycles. The molecular formula is C20H26N4. The highest BCUT2D eigenvalue weighted by molar-refractivity contribution is 6.18. The summed E-state index contributed by atoms with van der Waals surface area (Å²) in [6.07, 6.45) is 1.25. The van der Waals surface area contributed by atoms with Gasteiger partial charge in [0.25, 0.3) is 0 Å². The van der Waals surface area contributed by atoms with E-state index in [-0.39, 0.29) is 0 Å². The van der Waals surface area contributed by atoms with Crippen molar-refractivity contribution >= 4 is 22.3 Å². The van der Waals surface area contributed by atoms with E-state index in [1.165, 1.54) is 41.7 Å². The van der Waals surface area contributed by atoms with Crippen molar-refractivity contribution in [2.24, 2.45) is 4.99 Å². The van der Waals surface area contributed by atoms with E-state index in [1.807, 2.05) is 0 Å². The lowest BCUT2D eigenvalue weighted by atomic mass is 10.0. The normalized spacial score (nSPS) is 17.8. The van der Waals surface area contributed by atoms with Crippen LogP contribution in [0.5, 0.6) is 0 Å². The monoisotopic (exact) mass is 322 g/mol. The highest BCUT2D eigenvalue weighted by atomic mass is 15.3. The number of hydrogen-bond donors (Lipinski definition) is 0. The molecule has 2 aliphatic heterocycles. The maximum Gasteiger partial charge on any atom is 0.137 e. The lowest BCUT2D eigenvalue weighted by Gasteiger charge is -2.36. The topological polar surface area (TPSA) is 22.1 Å². The van der Waals surface area contributed by atoms with Crippen molar-refractivity contribution in [1.82, 2.24) is 14.7 Å². The molecule has 2 aromatic carbocycles. The molecule has 0 spiro atoms. The van der Waals surface area contributed by atoms with Gasteiger partial charge in [-0.2, -0.15) is 0 Å². The summed E-state index contributed by atoms with van der Waals surface area (Å²) in [4.78, 5) is 12.3. The van der Waals surface area contributed by atoms with E-state index in [0.29, 0.717) is 0 Å². The van der Waals surface area contributed by atoms with Crippen molar-refractivity contribution in [2.75, 3.05) is 53.4 Å². The molecule has 2 aliphatic rings. The summed E-state index contributed by atoms with van der Waals surface area (Å²) >= 11 is 0. The van der Waals surface area contributed by atoms with Crippen LogP contribution in [-0.4, -0.2) is 73.9 Å². The van der Waals surface area contributed by atoms with Crippen LogP contribution in [0.1, 0.15) is 12.0 Å². The van der Waals surface area contributed by atoms with Crippen LogP contribution in [0.2, 0.25) is 0 Å². The van der Waals surface area contributed by atoms with E-state index >= 15 is 0 Å². The number of benzene rings is 2. The van der Waals surface area contributed by atoms with Crippen molar-refractivity contribution in [3.8, 4) is 0 Å². The van der Waals surface area contributed by atoms with E-state index in [1.54, 1.807) is 0 Å². The molecule has 2 aromatic rings. The average molecular weight is 322 g/mol. The fraction of sp³-hybridized carbons (Fsp3) is 0.450. The molecule has 0 atom stereocenters. The maximum atomic E-state index is 4.95. The van der Waals surface area contributed by atoms with Crippen molar-refractivity contribution in [3.63, 3.8) is 0 Å². The summed E-state index contributed by atoms with van der Waals surface area (Å²) < 4.78 is 0. The van der Waals surface area contributed by atoms with Gasteiger partial charge in [0, 0.05) is 37.1 Å². The van der Waals surface area contributed by atoms with Gasteiger partial charge < -0.3 is 9.80 Å². The Kier molecular flexibility index (Phi) is 4.25. The van der Waals surface area contributed by atoms with Crippen LogP contribution in [0.3, 0.4) is 0 Å². The molecule has 4 heteroatoms. The Morgan fingerprint density at radius 1 is 1.00 bits per heavy atom. The van der Waals surface area contributed by atoms with Gasteiger partial charge in [-0.15, -0.1) is 0 Å². The molecule has 0 N–H and O–H groups in total. The molecule has 1 saturated heterocycles. The van der Waals surface area contributed by atoms with Gasteiger partial charge in [0.2, 0.25) is 0 Å². The van der Waals surface area contributed by atoms with Gasteiger partial charge in [-0.05, 0) is 45.1 Å². The van der Waals surface area contributed by atoms with Crippen molar-refractivity contribution < 1.29 is 0 Å². The standard InChI is InChI=1S/C20H26N4/c1-22(2)10-5-11-23-12-14-24(15-13-23)20-17-8-3-6-16-7-4-9-18(21-20)19(16)17/h3-4,6-9H,5,10-15H2,1-2H3. The number of hydrogen-bond acceptors (Lipinski definition) is 4. The first-order valence-electron chi connectivity index (χ1n) is 8.95. The predicted octanol–water partition coefficient (Wildman–Crippen LogP) is 2.80. The Morgan fingerprint density at radius 3 is 2.50 bits per heavy atom. The summed E-state index contributed by atoms with van der Waals surface area (Å²) in [5, 5.41) is 2.62. The highest BCUT2D eigenvalue weighted by Crippen LogP contribution is 2.36. The van der Waals surface area contributed by atoms with Crippen molar-refractivity contribution in [3.05, 3.63) is 42.0 Å². The van der Waals surface area contributed by atoms with Crippen LogP contribution in [0.15, 0.2) is 41.4 Å². The summed E-state index contributed by atoms with van der Waals surface area (Å²) in [5.74, 6) is 1.18. The molecule has 4 nitrogen and oxygen atoms in total. The number of amidine groups is 1. The first-order valence-corrected chi connectivity index (χ1v) is 8.95. The van der Waals surface area contributed by atoms with Crippen LogP contribution in [0, 0.1) is 0 Å². The van der Waals surface area contributed by atoms with Gasteiger partial charge in [0.05, 0.1) is 5.69 Å². The summed E-state index contributed by atoms with van der Waals surface area (Å²) in [7, 11) is 4.29. The quantitative estimate of drug-likeness (QED) is 0.864. The van der Waals surface area contributed by atoms with Gasteiger partial charge in [-0.1, -0.05) is 30.3 Å². The lowest BCUT2D eigenvalue weighted by molar-refractivity contribution is 0.176. The van der Waals surface area contributed by atoms with Crippen LogP contribution in [0.4, 0.5) is 5.69 Å². The summed E-state index contributed by atoms with van der Waals surface area (Å²) in [6.45, 7) is 6.80. The van der Waals surface area contributed by atoms with E-state index in [2.05, 4.69) is 65.2 Å². The lowest BCUT2D eigenvalue weighted by Crippen LogP contribution is -2.49. The maximum absolute atomic E-state index is 4.95. The molecule has 0 aromatic heterocycles. The molecule has 126 valence electrons. The zero-order chi connectivity index (χ0) is 16.5. The number of rotatable bonds is 4. The van der Waals surface area contributed by atoms with Gasteiger partial charge in [-0.3, -0.25) is 4.90 Å². The summed E-state index contributed by atoms with van der Waals surface area (Å²) in [5.41, 5.74) is 2.44. The SMILES string of the molecule is CN(C)CCCN1CCN(C2=Nc3cccc4cccc2c34)CC1. The third-order valence-corrected chi connectivity index (χ3v) is 5.10. The van der Waals surface area contributed by atoms with E-state index in [0.717, 1.165) is 31.9 Å². The Hall–Kier alpha value is -1.91. The highest BCUT2D eigenvalue weighted by Gasteiger charge is 2.25. The van der Waals surface area contributed by atoms with Crippen LogP contribution in [-0.2, 0) is 0 Å². The molecule has 1 fully saturated rings. The molecule has 24 heavy (non-hydrogen) atoms. The largest absolute Gasteiger partial charge is 0.354 e. The fourth-order valence-corrected chi connectivity index (χ4v) is 3.81. The Balaban J connectivity index is 1.43. The first kappa shape index (κ1) is 15.6. The van der Waals surface area contributed by atoms with Crippen LogP contribution >= 0.6 is 0 Å². The van der Waals surface area contributed by atoms with Crippen molar-refractivity contribution in [1.29, 1.82) is 0 Å². The third kappa shape index (κ3) is 2.92. The van der Waals surface area contributed by atoms with Gasteiger partial charge in [0.15, 0.2) is 0 Å². The number of nitrogens with zero attached hydrogens (tertiary/aromatic N) is 4. The number of piperazine rings is 1. The second kappa shape index (κ2) is 6.54. The molecule has 0 unspecified atom stereocenters. The molecule has 0 bridgehead atoms. The second-order valence-electron chi connectivity index (χ2n) is 7.10. The molecule has 0 saturated carbocycles. The van der Waals surface area contributed by atoms with E-state index in [4.69, 9.17) is 4.99 Å². The molecule has 0 amide bonds. The zero-order valence-corrected chi connectivity index (χ0v) is 14.7. The predicted molar refractivity (Wildman–Crippen MR) is 101 cm³/mol. The Bertz CT molecular complexity index is 752. The third-order valence-electron chi connectivity index (χ3n) is 5.10. The molecular weight excluding hydrogens is 296 g/mol. The minimum atomic E-state index is 1.07. The Morgan fingerprint density at radius 2 is 1.75 bits per heavy atom. The second-order valence-corrected chi connectivity index (χ2v) is 7.10. The van der Waals surface area contributed by atoms with Crippen LogP contribution < -0.4 is 0 Å². The fourth-order valence-electron chi connectivity index (χ4n) is 3.81. The summed E-state index contributed by atoms with van der Waals surface area (Å²) in [6, 6.07) is 13.0. The van der Waals surface area contributed by atoms with Gasteiger partial charge in [0.1, 0.15) is 5.84 Å². The zero-order valence-electron chi connectivity index (χ0n) is 14.7. The molecule has 2 heterocycles. The van der Waals surface area contributed by atoms with E-state index in [9.17, 15) is 0 Å². The average Bonchev–Trinajstić information content (AvgIpc) is 2.97. The first-order chi connectivity index (χ1) is 11.7. The minimum absolute atomic E-state index is 1.07. The van der Waals surface area contributed by atoms with Gasteiger partial charge in [-0.25, -0.2) is 4.99 Å². The molecule has 0 radical (unpaired) electrons. The minimum Gasteiger partial charge on any atom is -0.354 e. The van der Waals surface area contributed by atoms with Gasteiger partial charge >= 0.3 is 0 Å². The van der Waals surface area contributed by atoms with E-state index < -0.39 is 0 Å².